The number of aliphatic hydroxyl groups is 1. The van der Waals surface area contributed by atoms with Crippen LogP contribution in [-0.2, 0) is 15.2 Å². The van der Waals surface area contributed by atoms with Gasteiger partial charge in [0.2, 0.25) is 5.91 Å². The Balaban J connectivity index is 1.79. The van der Waals surface area contributed by atoms with E-state index in [0.717, 1.165) is 11.3 Å². The quantitative estimate of drug-likeness (QED) is 0.786. The molecule has 0 aliphatic carbocycles. The van der Waals surface area contributed by atoms with E-state index < -0.39 is 22.7 Å². The van der Waals surface area contributed by atoms with Gasteiger partial charge in [-0.2, -0.15) is 0 Å². The summed E-state index contributed by atoms with van der Waals surface area (Å²) in [5, 5.41) is 15.5. The second-order valence-electron chi connectivity index (χ2n) is 8.43. The van der Waals surface area contributed by atoms with Crippen LogP contribution in [-0.4, -0.2) is 45.0 Å². The SMILES string of the molecule is C=CC(C)(C)[C@@]12Nc3ccccc3[C@]1(O)C[C@H]1C(=O)N3CCC=C3C(=O)N12. The molecule has 1 aromatic rings. The Kier molecular flexibility index (Phi) is 2.95. The van der Waals surface area contributed by atoms with E-state index in [1.807, 2.05) is 44.2 Å². The van der Waals surface area contributed by atoms with E-state index >= 15 is 0 Å². The molecule has 3 atom stereocenters. The topological polar surface area (TPSA) is 72.9 Å². The molecule has 0 bridgehead atoms. The number of nitrogens with one attached hydrogen (secondary N) is 1. The van der Waals surface area contributed by atoms with Crippen molar-refractivity contribution in [2.24, 2.45) is 5.41 Å². The molecule has 2 fully saturated rings. The van der Waals surface area contributed by atoms with Crippen LogP contribution in [0.4, 0.5) is 5.69 Å². The van der Waals surface area contributed by atoms with Gasteiger partial charge >= 0.3 is 0 Å². The Morgan fingerprint density at radius 3 is 2.81 bits per heavy atom. The fourth-order valence-corrected chi connectivity index (χ4v) is 5.51. The molecule has 2 N–H and O–H groups in total. The van der Waals surface area contributed by atoms with Gasteiger partial charge in [-0.3, -0.25) is 14.5 Å². The predicted molar refractivity (Wildman–Crippen MR) is 100 cm³/mol. The highest BCUT2D eigenvalue weighted by Gasteiger charge is 2.75. The number of carbonyl (C=O) groups excluding carboxylic acids is 2. The van der Waals surface area contributed by atoms with Crippen LogP contribution in [0.25, 0.3) is 0 Å². The number of para-hydroxylation sites is 1. The second kappa shape index (κ2) is 4.81. The number of nitrogens with zero attached hydrogens (tertiary/aromatic N) is 2. The molecule has 2 saturated heterocycles. The number of anilines is 1. The van der Waals surface area contributed by atoms with Crippen molar-refractivity contribution in [1.29, 1.82) is 0 Å². The van der Waals surface area contributed by atoms with Gasteiger partial charge in [0.05, 0.1) is 0 Å². The van der Waals surface area contributed by atoms with Crippen LogP contribution < -0.4 is 5.32 Å². The van der Waals surface area contributed by atoms with Gasteiger partial charge in [-0.15, -0.1) is 6.58 Å². The van der Waals surface area contributed by atoms with Gasteiger partial charge in [0, 0.05) is 29.6 Å². The molecule has 0 saturated carbocycles. The Hall–Kier alpha value is -2.60. The molecule has 140 valence electrons. The maximum Gasteiger partial charge on any atom is 0.272 e. The second-order valence-corrected chi connectivity index (χ2v) is 8.43. The van der Waals surface area contributed by atoms with E-state index in [9.17, 15) is 14.7 Å². The fraction of sp³-hybridized carbons (Fsp3) is 0.429. The number of carbonyl (C=O) groups is 2. The lowest BCUT2D eigenvalue weighted by Crippen LogP contribution is -2.71. The van der Waals surface area contributed by atoms with E-state index in [0.29, 0.717) is 18.7 Å². The molecule has 1 aromatic carbocycles. The van der Waals surface area contributed by atoms with Crippen LogP contribution in [0.1, 0.15) is 32.3 Å². The Labute approximate surface area is 158 Å². The third-order valence-electron chi connectivity index (χ3n) is 6.86. The van der Waals surface area contributed by atoms with Gasteiger partial charge in [-0.05, 0) is 12.5 Å². The van der Waals surface area contributed by atoms with Crippen molar-refractivity contribution in [1.82, 2.24) is 9.80 Å². The molecule has 0 aromatic heterocycles. The summed E-state index contributed by atoms with van der Waals surface area (Å²) in [6.07, 6.45) is 4.43. The van der Waals surface area contributed by atoms with E-state index in [4.69, 9.17) is 0 Å². The fourth-order valence-electron chi connectivity index (χ4n) is 5.51. The van der Waals surface area contributed by atoms with E-state index in [-0.39, 0.29) is 18.2 Å². The van der Waals surface area contributed by atoms with Gasteiger partial charge in [0.1, 0.15) is 17.3 Å². The van der Waals surface area contributed by atoms with E-state index in [1.54, 1.807) is 15.9 Å². The summed E-state index contributed by atoms with van der Waals surface area (Å²) in [6.45, 7) is 8.40. The molecule has 0 radical (unpaired) electrons. The van der Waals surface area contributed by atoms with E-state index in [2.05, 4.69) is 11.9 Å². The summed E-state index contributed by atoms with van der Waals surface area (Å²) in [5.41, 5.74) is -1.33. The molecule has 6 heteroatoms. The van der Waals surface area contributed by atoms with Crippen LogP contribution in [0.2, 0.25) is 0 Å². The third kappa shape index (κ3) is 1.62. The maximum atomic E-state index is 13.5. The first-order valence-electron chi connectivity index (χ1n) is 9.37. The van der Waals surface area contributed by atoms with Gasteiger partial charge in [-0.25, -0.2) is 0 Å². The van der Waals surface area contributed by atoms with Crippen molar-refractivity contribution in [2.75, 3.05) is 11.9 Å². The number of hydrogen-bond acceptors (Lipinski definition) is 4. The molecule has 0 unspecified atom stereocenters. The van der Waals surface area contributed by atoms with Crippen LogP contribution in [0, 0.1) is 5.41 Å². The molecule has 0 spiro atoms. The summed E-state index contributed by atoms with van der Waals surface area (Å²) < 4.78 is 0. The van der Waals surface area contributed by atoms with Gasteiger partial charge in [0.25, 0.3) is 5.91 Å². The highest BCUT2D eigenvalue weighted by Crippen LogP contribution is 2.63. The van der Waals surface area contributed by atoms with Gasteiger partial charge < -0.3 is 15.3 Å². The normalized spacial score (nSPS) is 33.9. The van der Waals surface area contributed by atoms with Crippen molar-refractivity contribution in [3.63, 3.8) is 0 Å². The first-order valence-corrected chi connectivity index (χ1v) is 9.37. The smallest absolute Gasteiger partial charge is 0.272 e. The lowest BCUT2D eigenvalue weighted by molar-refractivity contribution is -0.159. The molecular weight excluding hydrogens is 342 g/mol. The molecule has 6 nitrogen and oxygen atoms in total. The minimum absolute atomic E-state index is 0.111. The number of hydrogen-bond donors (Lipinski definition) is 2. The van der Waals surface area contributed by atoms with Gasteiger partial charge in [0.15, 0.2) is 5.66 Å². The standard InChI is InChI=1S/C21H23N3O3/c1-4-19(2,3)21-20(27,13-8-5-6-9-14(13)22-21)12-16-17(25)23-11-7-10-15(23)18(26)24(16)21/h4-6,8-10,16,22,27H,1,7,11-12H2,2-3H3/t16-,20+,21-/m0/s1. The minimum Gasteiger partial charge on any atom is -0.380 e. The lowest BCUT2D eigenvalue weighted by atomic mass is 9.68. The van der Waals surface area contributed by atoms with Gasteiger partial charge in [-0.1, -0.05) is 44.2 Å². The first-order chi connectivity index (χ1) is 12.8. The minimum atomic E-state index is -1.39. The molecule has 4 aliphatic heterocycles. The highest BCUT2D eigenvalue weighted by atomic mass is 16.3. The largest absolute Gasteiger partial charge is 0.380 e. The maximum absolute atomic E-state index is 13.5. The summed E-state index contributed by atoms with van der Waals surface area (Å²) in [6, 6.07) is 6.85. The van der Waals surface area contributed by atoms with E-state index in [1.165, 1.54) is 0 Å². The Morgan fingerprint density at radius 2 is 2.07 bits per heavy atom. The number of fused-ring (bicyclic) bond motifs is 6. The summed E-state index contributed by atoms with van der Waals surface area (Å²) in [5.74, 6) is -0.317. The average Bonchev–Trinajstić information content (AvgIpc) is 3.29. The van der Waals surface area contributed by atoms with Crippen LogP contribution in [0.5, 0.6) is 0 Å². The van der Waals surface area contributed by atoms with Crippen molar-refractivity contribution in [3.05, 3.63) is 54.3 Å². The van der Waals surface area contributed by atoms with Crippen LogP contribution in [0.15, 0.2) is 48.7 Å². The lowest BCUT2D eigenvalue weighted by Gasteiger charge is -2.53. The summed E-state index contributed by atoms with van der Waals surface area (Å²) in [7, 11) is 0. The van der Waals surface area contributed by atoms with Crippen LogP contribution in [0.3, 0.4) is 0 Å². The zero-order chi connectivity index (χ0) is 19.2. The predicted octanol–water partition coefficient (Wildman–Crippen LogP) is 1.94. The van der Waals surface area contributed by atoms with Crippen molar-refractivity contribution >= 4 is 17.5 Å². The van der Waals surface area contributed by atoms with Crippen molar-refractivity contribution in [2.45, 2.75) is 44.0 Å². The number of piperazine rings is 1. The average molecular weight is 365 g/mol. The molecule has 2 amide bonds. The first kappa shape index (κ1) is 16.6. The Bertz CT molecular complexity index is 936. The molecule has 27 heavy (non-hydrogen) atoms. The monoisotopic (exact) mass is 365 g/mol. The van der Waals surface area contributed by atoms with Crippen molar-refractivity contribution < 1.29 is 14.7 Å². The third-order valence-corrected chi connectivity index (χ3v) is 6.86. The number of rotatable bonds is 2. The summed E-state index contributed by atoms with van der Waals surface area (Å²) >= 11 is 0. The Morgan fingerprint density at radius 1 is 1.33 bits per heavy atom. The highest BCUT2D eigenvalue weighted by molar-refractivity contribution is 6.07. The summed E-state index contributed by atoms with van der Waals surface area (Å²) in [4.78, 5) is 29.9. The number of amides is 2. The number of benzene rings is 1. The molecule has 4 heterocycles. The zero-order valence-corrected chi connectivity index (χ0v) is 15.5. The van der Waals surface area contributed by atoms with Crippen molar-refractivity contribution in [3.8, 4) is 0 Å². The van der Waals surface area contributed by atoms with Crippen LogP contribution >= 0.6 is 0 Å². The molecule has 4 aliphatic rings. The molecular formula is C21H23N3O3. The molecule has 5 rings (SSSR count). The zero-order valence-electron chi connectivity index (χ0n) is 15.5.